The van der Waals surface area contributed by atoms with Gasteiger partial charge < -0.3 is 10.4 Å². The van der Waals surface area contributed by atoms with Gasteiger partial charge in [-0.15, -0.1) is 0 Å². The molecule has 0 aromatic heterocycles. The van der Waals surface area contributed by atoms with Gasteiger partial charge in [0.25, 0.3) is 0 Å². The van der Waals surface area contributed by atoms with Gasteiger partial charge in [-0.25, -0.2) is 0 Å². The molecule has 0 aliphatic carbocycles. The van der Waals surface area contributed by atoms with Crippen molar-refractivity contribution >= 4 is 0 Å². The summed E-state index contributed by atoms with van der Waals surface area (Å²) in [7, 11) is 0. The van der Waals surface area contributed by atoms with E-state index in [1.807, 2.05) is 13.0 Å². The van der Waals surface area contributed by atoms with E-state index in [1.165, 1.54) is 16.7 Å². The normalized spacial score (nSPS) is 12.3. The molecule has 2 nitrogen and oxygen atoms in total. The Bertz CT molecular complexity index is 462. The number of benzene rings is 2. The summed E-state index contributed by atoms with van der Waals surface area (Å²) in [6, 6.07) is 19.0. The largest absolute Gasteiger partial charge is 0.388 e. The Morgan fingerprint density at radius 3 is 2.17 bits per heavy atom. The van der Waals surface area contributed by atoms with Gasteiger partial charge in [-0.2, -0.15) is 0 Å². The predicted molar refractivity (Wildman–Crippen MR) is 74.1 cm³/mol. The summed E-state index contributed by atoms with van der Waals surface area (Å²) >= 11 is 0. The molecule has 0 aliphatic rings. The van der Waals surface area contributed by atoms with E-state index < -0.39 is 0 Å². The predicted octanol–water partition coefficient (Wildman–Crippen LogP) is 1.80. The van der Waals surface area contributed by atoms with Crippen molar-refractivity contribution in [3.05, 3.63) is 60.2 Å². The summed E-state index contributed by atoms with van der Waals surface area (Å²) in [5.74, 6) is 0. The van der Waals surface area contributed by atoms with Crippen molar-refractivity contribution in [1.29, 1.82) is 0 Å². The molecule has 0 aliphatic heterocycles. The molecule has 0 saturated carbocycles. The zero-order valence-electron chi connectivity index (χ0n) is 10.7. The van der Waals surface area contributed by atoms with Gasteiger partial charge in [0.05, 0.1) is 6.10 Å². The van der Waals surface area contributed by atoms with Crippen molar-refractivity contribution in [2.75, 3.05) is 6.54 Å². The molecule has 0 amide bonds. The SMILES string of the molecule is C[C@H](O)C[NH2+]Cc1ccc(-c2ccccc2)cc1. The first kappa shape index (κ1) is 12.8. The highest BCUT2D eigenvalue weighted by atomic mass is 16.3. The smallest absolute Gasteiger partial charge is 0.102 e. The maximum atomic E-state index is 9.19. The molecule has 0 unspecified atom stereocenters. The standard InChI is InChI=1S/C16H19NO/c1-13(18)11-17-12-14-7-9-16(10-8-14)15-5-3-2-4-6-15/h2-10,13,17-18H,11-12H2,1H3/p+1/t13-/m0/s1. The van der Waals surface area contributed by atoms with Gasteiger partial charge in [-0.1, -0.05) is 54.6 Å². The first-order valence-corrected chi connectivity index (χ1v) is 6.40. The molecule has 0 heterocycles. The van der Waals surface area contributed by atoms with Gasteiger partial charge in [0, 0.05) is 5.56 Å². The van der Waals surface area contributed by atoms with Crippen LogP contribution in [0.15, 0.2) is 54.6 Å². The number of hydrogen-bond donors (Lipinski definition) is 2. The van der Waals surface area contributed by atoms with Gasteiger partial charge in [-0.05, 0) is 18.1 Å². The van der Waals surface area contributed by atoms with Crippen molar-refractivity contribution in [3.63, 3.8) is 0 Å². The van der Waals surface area contributed by atoms with Gasteiger partial charge in [0.15, 0.2) is 0 Å². The average Bonchev–Trinajstić information content (AvgIpc) is 2.40. The Hall–Kier alpha value is -1.64. The summed E-state index contributed by atoms with van der Waals surface area (Å²) in [6.45, 7) is 3.48. The third kappa shape index (κ3) is 3.69. The third-order valence-corrected chi connectivity index (χ3v) is 2.95. The zero-order chi connectivity index (χ0) is 12.8. The van der Waals surface area contributed by atoms with Gasteiger partial charge in [0.2, 0.25) is 0 Å². The van der Waals surface area contributed by atoms with Crippen LogP contribution in [0.25, 0.3) is 11.1 Å². The van der Waals surface area contributed by atoms with Gasteiger partial charge >= 0.3 is 0 Å². The summed E-state index contributed by atoms with van der Waals surface area (Å²) in [4.78, 5) is 0. The molecule has 18 heavy (non-hydrogen) atoms. The van der Waals surface area contributed by atoms with Gasteiger partial charge in [0.1, 0.15) is 13.1 Å². The molecular formula is C16H20NO+. The highest BCUT2D eigenvalue weighted by Crippen LogP contribution is 2.18. The fourth-order valence-electron chi connectivity index (χ4n) is 1.96. The molecule has 2 heteroatoms. The maximum absolute atomic E-state index is 9.19. The van der Waals surface area contributed by atoms with Crippen molar-refractivity contribution in [2.24, 2.45) is 0 Å². The molecule has 1 atom stereocenters. The second kappa shape index (κ2) is 6.34. The van der Waals surface area contributed by atoms with Crippen LogP contribution in [-0.2, 0) is 6.54 Å². The zero-order valence-corrected chi connectivity index (χ0v) is 10.7. The Morgan fingerprint density at radius 2 is 1.56 bits per heavy atom. The molecule has 0 fully saturated rings. The topological polar surface area (TPSA) is 36.8 Å². The molecular weight excluding hydrogens is 222 g/mol. The molecule has 2 aromatic carbocycles. The Balaban J connectivity index is 1.98. The second-order valence-electron chi connectivity index (χ2n) is 4.64. The number of aliphatic hydroxyl groups is 1. The molecule has 2 aromatic rings. The van der Waals surface area contributed by atoms with Crippen LogP contribution in [0.1, 0.15) is 12.5 Å². The number of aliphatic hydroxyl groups excluding tert-OH is 1. The molecule has 94 valence electrons. The Labute approximate surface area is 108 Å². The van der Waals surface area contributed by atoms with E-state index in [4.69, 9.17) is 0 Å². The maximum Gasteiger partial charge on any atom is 0.102 e. The van der Waals surface area contributed by atoms with E-state index >= 15 is 0 Å². The van der Waals surface area contributed by atoms with Crippen molar-refractivity contribution in [3.8, 4) is 11.1 Å². The van der Waals surface area contributed by atoms with E-state index in [0.29, 0.717) is 0 Å². The summed E-state index contributed by atoms with van der Waals surface area (Å²) < 4.78 is 0. The molecule has 0 saturated heterocycles. The lowest BCUT2D eigenvalue weighted by molar-refractivity contribution is -0.676. The lowest BCUT2D eigenvalue weighted by atomic mass is 10.0. The average molecular weight is 242 g/mol. The van der Waals surface area contributed by atoms with E-state index in [0.717, 1.165) is 13.1 Å². The molecule has 0 bridgehead atoms. The van der Waals surface area contributed by atoms with Crippen molar-refractivity contribution < 1.29 is 10.4 Å². The number of nitrogens with two attached hydrogens (primary N) is 1. The van der Waals surface area contributed by atoms with Crippen LogP contribution in [-0.4, -0.2) is 17.8 Å². The summed E-state index contributed by atoms with van der Waals surface area (Å²) in [5.41, 5.74) is 3.78. The minimum absolute atomic E-state index is 0.242. The lowest BCUT2D eigenvalue weighted by Crippen LogP contribution is -2.84. The number of quaternary nitrogens is 1. The minimum Gasteiger partial charge on any atom is -0.388 e. The van der Waals surface area contributed by atoms with Crippen molar-refractivity contribution in [2.45, 2.75) is 19.6 Å². The van der Waals surface area contributed by atoms with Crippen LogP contribution in [0, 0.1) is 0 Å². The fourth-order valence-corrected chi connectivity index (χ4v) is 1.96. The van der Waals surface area contributed by atoms with E-state index in [1.54, 1.807) is 0 Å². The fraction of sp³-hybridized carbons (Fsp3) is 0.250. The third-order valence-electron chi connectivity index (χ3n) is 2.95. The van der Waals surface area contributed by atoms with Crippen LogP contribution in [0.5, 0.6) is 0 Å². The number of hydrogen-bond acceptors (Lipinski definition) is 1. The lowest BCUT2D eigenvalue weighted by Gasteiger charge is -2.05. The van der Waals surface area contributed by atoms with E-state index in [-0.39, 0.29) is 6.10 Å². The molecule has 0 radical (unpaired) electrons. The molecule has 0 spiro atoms. The highest BCUT2D eigenvalue weighted by Gasteiger charge is 2.00. The van der Waals surface area contributed by atoms with Crippen LogP contribution < -0.4 is 5.32 Å². The van der Waals surface area contributed by atoms with Crippen LogP contribution in [0.3, 0.4) is 0 Å². The Kier molecular flexibility index (Phi) is 4.51. The van der Waals surface area contributed by atoms with Gasteiger partial charge in [-0.3, -0.25) is 0 Å². The second-order valence-corrected chi connectivity index (χ2v) is 4.64. The summed E-state index contributed by atoms with van der Waals surface area (Å²) in [5, 5.41) is 11.3. The van der Waals surface area contributed by atoms with Crippen LogP contribution >= 0.6 is 0 Å². The van der Waals surface area contributed by atoms with Crippen LogP contribution in [0.4, 0.5) is 0 Å². The number of rotatable bonds is 5. The monoisotopic (exact) mass is 242 g/mol. The quantitative estimate of drug-likeness (QED) is 0.824. The first-order chi connectivity index (χ1) is 8.75. The minimum atomic E-state index is -0.242. The molecule has 2 rings (SSSR count). The van der Waals surface area contributed by atoms with Crippen molar-refractivity contribution in [1.82, 2.24) is 0 Å². The summed E-state index contributed by atoms with van der Waals surface area (Å²) in [6.07, 6.45) is -0.242. The van der Waals surface area contributed by atoms with E-state index in [9.17, 15) is 5.11 Å². The Morgan fingerprint density at radius 1 is 0.944 bits per heavy atom. The van der Waals surface area contributed by atoms with E-state index in [2.05, 4.69) is 53.8 Å². The molecule has 3 N–H and O–H groups in total. The van der Waals surface area contributed by atoms with Crippen LogP contribution in [0.2, 0.25) is 0 Å². The highest BCUT2D eigenvalue weighted by molar-refractivity contribution is 5.63. The first-order valence-electron chi connectivity index (χ1n) is 6.40.